The van der Waals surface area contributed by atoms with Crippen LogP contribution in [0.2, 0.25) is 0 Å². The van der Waals surface area contributed by atoms with E-state index in [1.807, 2.05) is 19.1 Å². The van der Waals surface area contributed by atoms with Gasteiger partial charge in [0.1, 0.15) is 5.75 Å². The molecule has 0 bridgehead atoms. The number of thioether (sulfide) groups is 1. The fourth-order valence-electron chi connectivity index (χ4n) is 2.46. The Morgan fingerprint density at radius 2 is 2.04 bits per heavy atom. The highest BCUT2D eigenvalue weighted by atomic mass is 32.2. The largest absolute Gasteiger partial charge is 0.497 e. The van der Waals surface area contributed by atoms with Gasteiger partial charge in [-0.15, -0.1) is 11.3 Å². The van der Waals surface area contributed by atoms with Crippen LogP contribution >= 0.6 is 23.1 Å². The number of carbonyl (C=O) groups is 1. The number of ether oxygens (including phenoxy) is 1. The lowest BCUT2D eigenvalue weighted by Crippen LogP contribution is -2.14. The van der Waals surface area contributed by atoms with Crippen molar-refractivity contribution in [2.45, 2.75) is 11.3 Å². The summed E-state index contributed by atoms with van der Waals surface area (Å²) >= 11 is 2.75. The van der Waals surface area contributed by atoms with Gasteiger partial charge in [0, 0.05) is 5.69 Å². The Labute approximate surface area is 171 Å². The predicted octanol–water partition coefficient (Wildman–Crippen LogP) is 3.72. The van der Waals surface area contributed by atoms with Crippen molar-refractivity contribution in [2.75, 3.05) is 29.2 Å². The average Bonchev–Trinajstić information content (AvgIpc) is 3.02. The van der Waals surface area contributed by atoms with Crippen LogP contribution in [-0.4, -0.2) is 38.4 Å². The van der Waals surface area contributed by atoms with Gasteiger partial charge in [0.15, 0.2) is 4.34 Å². The number of hydrogen-bond acceptors (Lipinski definition) is 7. The number of rotatable bonds is 7. The van der Waals surface area contributed by atoms with Crippen molar-refractivity contribution in [1.82, 2.24) is 4.98 Å². The van der Waals surface area contributed by atoms with E-state index in [0.29, 0.717) is 5.69 Å². The van der Waals surface area contributed by atoms with Crippen molar-refractivity contribution < 1.29 is 17.9 Å². The van der Waals surface area contributed by atoms with E-state index in [-0.39, 0.29) is 11.7 Å². The summed E-state index contributed by atoms with van der Waals surface area (Å²) < 4.78 is 31.9. The maximum absolute atomic E-state index is 12.3. The van der Waals surface area contributed by atoms with Gasteiger partial charge < -0.3 is 10.1 Å². The molecule has 2 N–H and O–H groups in total. The molecule has 3 aromatic rings. The summed E-state index contributed by atoms with van der Waals surface area (Å²) in [6.45, 7) is 1.90. The van der Waals surface area contributed by atoms with Crippen LogP contribution in [0.4, 0.5) is 11.4 Å². The van der Waals surface area contributed by atoms with Crippen LogP contribution in [0, 0.1) is 6.92 Å². The molecule has 3 rings (SSSR count). The molecule has 0 saturated carbocycles. The van der Waals surface area contributed by atoms with Gasteiger partial charge in [-0.1, -0.05) is 11.8 Å². The molecule has 1 heterocycles. The van der Waals surface area contributed by atoms with E-state index in [9.17, 15) is 13.2 Å². The Morgan fingerprint density at radius 1 is 1.25 bits per heavy atom. The third-order valence-corrected chi connectivity index (χ3v) is 6.47. The van der Waals surface area contributed by atoms with E-state index in [0.717, 1.165) is 37.8 Å². The Morgan fingerprint density at radius 3 is 2.71 bits per heavy atom. The fraction of sp³-hybridized carbons (Fsp3) is 0.222. The second-order valence-corrected chi connectivity index (χ2v) is 10.1. The molecule has 0 saturated heterocycles. The Balaban J connectivity index is 1.63. The number of sulfonamides is 1. The van der Waals surface area contributed by atoms with Crippen molar-refractivity contribution in [3.63, 3.8) is 0 Å². The highest BCUT2D eigenvalue weighted by Gasteiger charge is 2.11. The molecule has 10 heteroatoms. The summed E-state index contributed by atoms with van der Waals surface area (Å²) in [5, 5.41) is 2.89. The lowest BCUT2D eigenvalue weighted by atomic mass is 10.2. The molecule has 0 atom stereocenters. The zero-order chi connectivity index (χ0) is 20.3. The molecule has 2 aromatic carbocycles. The number of aromatic nitrogens is 1. The van der Waals surface area contributed by atoms with E-state index in [1.54, 1.807) is 31.4 Å². The molecule has 0 aliphatic rings. The van der Waals surface area contributed by atoms with Crippen LogP contribution in [0.25, 0.3) is 10.2 Å². The first kappa shape index (κ1) is 20.4. The Hall–Kier alpha value is -2.30. The maximum atomic E-state index is 12.3. The van der Waals surface area contributed by atoms with Crippen molar-refractivity contribution >= 4 is 60.6 Å². The maximum Gasteiger partial charge on any atom is 0.234 e. The number of methoxy groups -OCH3 is 1. The lowest BCUT2D eigenvalue weighted by molar-refractivity contribution is -0.113. The molecule has 148 valence electrons. The number of nitrogens with one attached hydrogen (secondary N) is 2. The standard InChI is InChI=1S/C18H19N3O4S3/c1-11-8-13(25-2)5-7-14(11)19-17(22)10-26-18-20-15-6-4-12(9-16(15)27-18)21-28(3,23)24/h4-9,21H,10H2,1-3H3,(H,19,22). The number of anilines is 2. The summed E-state index contributed by atoms with van der Waals surface area (Å²) in [7, 11) is -1.73. The van der Waals surface area contributed by atoms with Crippen LogP contribution < -0.4 is 14.8 Å². The van der Waals surface area contributed by atoms with Gasteiger partial charge in [-0.05, 0) is 48.9 Å². The number of thiazole rings is 1. The molecule has 28 heavy (non-hydrogen) atoms. The molecule has 0 fully saturated rings. The summed E-state index contributed by atoms with van der Waals surface area (Å²) in [5.41, 5.74) is 2.91. The third-order valence-electron chi connectivity index (χ3n) is 3.71. The molecule has 1 aromatic heterocycles. The van der Waals surface area contributed by atoms with E-state index < -0.39 is 10.0 Å². The fourth-order valence-corrected chi connectivity index (χ4v) is 4.92. The van der Waals surface area contributed by atoms with Crippen LogP contribution in [0.3, 0.4) is 0 Å². The van der Waals surface area contributed by atoms with Gasteiger partial charge in [-0.3, -0.25) is 9.52 Å². The first-order chi connectivity index (χ1) is 13.2. The number of hydrogen-bond donors (Lipinski definition) is 2. The number of nitrogens with zero attached hydrogens (tertiary/aromatic N) is 1. The van der Waals surface area contributed by atoms with E-state index in [1.165, 1.54) is 23.1 Å². The first-order valence-corrected chi connectivity index (χ1v) is 11.9. The molecule has 0 aliphatic heterocycles. The minimum Gasteiger partial charge on any atom is -0.497 e. The molecule has 0 radical (unpaired) electrons. The van der Waals surface area contributed by atoms with Crippen LogP contribution in [0.1, 0.15) is 5.56 Å². The second-order valence-electron chi connectivity index (χ2n) is 6.05. The van der Waals surface area contributed by atoms with Gasteiger partial charge in [-0.25, -0.2) is 13.4 Å². The van der Waals surface area contributed by atoms with Crippen molar-refractivity contribution in [3.05, 3.63) is 42.0 Å². The van der Waals surface area contributed by atoms with Gasteiger partial charge in [0.25, 0.3) is 0 Å². The number of carbonyl (C=O) groups excluding carboxylic acids is 1. The highest BCUT2D eigenvalue weighted by molar-refractivity contribution is 8.01. The predicted molar refractivity (Wildman–Crippen MR) is 115 cm³/mol. The minimum absolute atomic E-state index is 0.128. The molecular formula is C18H19N3O4S3. The highest BCUT2D eigenvalue weighted by Crippen LogP contribution is 2.31. The normalized spacial score (nSPS) is 11.4. The summed E-state index contributed by atoms with van der Waals surface area (Å²) in [6.07, 6.45) is 1.11. The zero-order valence-electron chi connectivity index (χ0n) is 15.5. The quantitative estimate of drug-likeness (QED) is 0.547. The Kier molecular flexibility index (Phi) is 6.11. The van der Waals surface area contributed by atoms with Gasteiger partial charge in [0.2, 0.25) is 15.9 Å². The monoisotopic (exact) mass is 437 g/mol. The van der Waals surface area contributed by atoms with Crippen LogP contribution in [-0.2, 0) is 14.8 Å². The molecular weight excluding hydrogens is 418 g/mol. The number of fused-ring (bicyclic) bond motifs is 1. The number of aryl methyl sites for hydroxylation is 1. The Bertz CT molecular complexity index is 1130. The van der Waals surface area contributed by atoms with Gasteiger partial charge in [0.05, 0.1) is 35.0 Å². The molecule has 1 amide bonds. The van der Waals surface area contributed by atoms with Crippen molar-refractivity contribution in [3.8, 4) is 5.75 Å². The van der Waals surface area contributed by atoms with Crippen LogP contribution in [0.5, 0.6) is 5.75 Å². The van der Waals surface area contributed by atoms with E-state index in [2.05, 4.69) is 15.0 Å². The van der Waals surface area contributed by atoms with E-state index in [4.69, 9.17) is 4.74 Å². The van der Waals surface area contributed by atoms with Crippen LogP contribution in [0.15, 0.2) is 40.7 Å². The summed E-state index contributed by atoms with van der Waals surface area (Å²) in [5.74, 6) is 0.834. The third kappa shape index (κ3) is 5.37. The molecule has 7 nitrogen and oxygen atoms in total. The molecule has 0 unspecified atom stereocenters. The first-order valence-electron chi connectivity index (χ1n) is 8.19. The van der Waals surface area contributed by atoms with Crippen molar-refractivity contribution in [2.24, 2.45) is 0 Å². The minimum atomic E-state index is -3.33. The molecule has 0 spiro atoms. The average molecular weight is 438 g/mol. The topological polar surface area (TPSA) is 97.4 Å². The number of benzene rings is 2. The van der Waals surface area contributed by atoms with Crippen molar-refractivity contribution in [1.29, 1.82) is 0 Å². The second kappa shape index (κ2) is 8.38. The van der Waals surface area contributed by atoms with E-state index >= 15 is 0 Å². The van der Waals surface area contributed by atoms with Gasteiger partial charge >= 0.3 is 0 Å². The van der Waals surface area contributed by atoms with Gasteiger partial charge in [-0.2, -0.15) is 0 Å². The zero-order valence-corrected chi connectivity index (χ0v) is 17.9. The summed E-state index contributed by atoms with van der Waals surface area (Å²) in [6, 6.07) is 10.6. The smallest absolute Gasteiger partial charge is 0.234 e. The summed E-state index contributed by atoms with van der Waals surface area (Å²) in [4.78, 5) is 16.7. The molecule has 0 aliphatic carbocycles. The SMILES string of the molecule is COc1ccc(NC(=O)CSc2nc3ccc(NS(C)(=O)=O)cc3s2)c(C)c1. The number of amides is 1. The lowest BCUT2D eigenvalue weighted by Gasteiger charge is -2.09.